The molecule has 1 aliphatic rings. The minimum atomic E-state index is -0.629. The molecule has 6 heteroatoms. The molecule has 4 nitrogen and oxygen atoms in total. The number of aliphatic hydroxyl groups is 1. The molecule has 0 aliphatic carbocycles. The van der Waals surface area contributed by atoms with E-state index in [0.29, 0.717) is 25.8 Å². The van der Waals surface area contributed by atoms with Gasteiger partial charge in [-0.05, 0) is 72.7 Å². The fourth-order valence-electron chi connectivity index (χ4n) is 4.60. The van der Waals surface area contributed by atoms with Crippen LogP contribution in [-0.4, -0.2) is 29.2 Å². The van der Waals surface area contributed by atoms with Crippen LogP contribution in [0.25, 0.3) is 11.1 Å². The van der Waals surface area contributed by atoms with Gasteiger partial charge in [-0.25, -0.2) is 13.6 Å². The molecule has 1 saturated heterocycles. The molecule has 4 rings (SSSR count). The van der Waals surface area contributed by atoms with E-state index in [1.165, 1.54) is 24.3 Å². The lowest BCUT2D eigenvalue weighted by atomic mass is 9.81. The van der Waals surface area contributed by atoms with Crippen LogP contribution in [0.3, 0.4) is 0 Å². The van der Waals surface area contributed by atoms with Gasteiger partial charge in [0.25, 0.3) is 0 Å². The molecule has 3 aromatic carbocycles. The van der Waals surface area contributed by atoms with Crippen LogP contribution in [0, 0.1) is 11.6 Å². The van der Waals surface area contributed by atoms with Gasteiger partial charge in [-0.3, -0.25) is 0 Å². The minimum absolute atomic E-state index is 0.0271. The van der Waals surface area contributed by atoms with Crippen molar-refractivity contribution in [3.8, 4) is 11.1 Å². The molecule has 2 amide bonds. The number of amides is 2. The number of nitrogens with one attached hydrogen (secondary N) is 1. The summed E-state index contributed by atoms with van der Waals surface area (Å²) in [6.07, 6.45) is 1.77. The third-order valence-corrected chi connectivity index (χ3v) is 6.58. The summed E-state index contributed by atoms with van der Waals surface area (Å²) in [6, 6.07) is 20.2. The SMILES string of the molecule is C[C@@H](c1ccc(-c2ccc(F)cc2)cc1)N1CC[C@@](CCCO)(c2ccc(F)cc2)NC1=O. The highest BCUT2D eigenvalue weighted by atomic mass is 19.1. The van der Waals surface area contributed by atoms with E-state index in [9.17, 15) is 18.7 Å². The summed E-state index contributed by atoms with van der Waals surface area (Å²) < 4.78 is 26.7. The first-order valence-electron chi connectivity index (χ1n) is 11.2. The quantitative estimate of drug-likeness (QED) is 0.480. The van der Waals surface area contributed by atoms with Crippen LogP contribution in [0.1, 0.15) is 43.4 Å². The van der Waals surface area contributed by atoms with E-state index >= 15 is 0 Å². The van der Waals surface area contributed by atoms with E-state index in [4.69, 9.17) is 0 Å². The molecule has 0 saturated carbocycles. The predicted molar refractivity (Wildman–Crippen MR) is 125 cm³/mol. The minimum Gasteiger partial charge on any atom is -0.396 e. The Balaban J connectivity index is 1.50. The van der Waals surface area contributed by atoms with Gasteiger partial charge in [-0.15, -0.1) is 0 Å². The van der Waals surface area contributed by atoms with Crippen LogP contribution in [0.2, 0.25) is 0 Å². The lowest BCUT2D eigenvalue weighted by Crippen LogP contribution is -2.58. The topological polar surface area (TPSA) is 52.6 Å². The molecule has 1 heterocycles. The summed E-state index contributed by atoms with van der Waals surface area (Å²) in [6.45, 7) is 2.56. The average molecular weight is 451 g/mol. The first-order valence-corrected chi connectivity index (χ1v) is 11.2. The highest BCUT2D eigenvalue weighted by Crippen LogP contribution is 2.36. The van der Waals surface area contributed by atoms with Gasteiger partial charge in [-0.2, -0.15) is 0 Å². The molecular weight excluding hydrogens is 422 g/mol. The molecule has 0 aromatic heterocycles. The van der Waals surface area contributed by atoms with Crippen LogP contribution in [0.4, 0.5) is 13.6 Å². The number of urea groups is 1. The van der Waals surface area contributed by atoms with Gasteiger partial charge in [0.1, 0.15) is 11.6 Å². The fraction of sp³-hybridized carbons (Fsp3) is 0.296. The van der Waals surface area contributed by atoms with Crippen molar-refractivity contribution in [2.24, 2.45) is 0 Å². The molecule has 1 aliphatic heterocycles. The first-order chi connectivity index (χ1) is 15.9. The average Bonchev–Trinajstić information content (AvgIpc) is 2.83. The third-order valence-electron chi connectivity index (χ3n) is 6.58. The number of aliphatic hydroxyl groups excluding tert-OH is 1. The molecule has 2 atom stereocenters. The molecule has 1 fully saturated rings. The van der Waals surface area contributed by atoms with Crippen molar-refractivity contribution in [3.63, 3.8) is 0 Å². The summed E-state index contributed by atoms with van der Waals surface area (Å²) in [7, 11) is 0. The van der Waals surface area contributed by atoms with E-state index in [-0.39, 0.29) is 30.3 Å². The lowest BCUT2D eigenvalue weighted by molar-refractivity contribution is 0.117. The van der Waals surface area contributed by atoms with Gasteiger partial charge < -0.3 is 15.3 Å². The molecule has 0 unspecified atom stereocenters. The third kappa shape index (κ3) is 4.91. The second-order valence-corrected chi connectivity index (χ2v) is 8.59. The maximum atomic E-state index is 13.5. The Labute approximate surface area is 192 Å². The van der Waals surface area contributed by atoms with Gasteiger partial charge in [-0.1, -0.05) is 48.5 Å². The summed E-state index contributed by atoms with van der Waals surface area (Å²) in [4.78, 5) is 15.0. The van der Waals surface area contributed by atoms with Gasteiger partial charge in [0.05, 0.1) is 11.6 Å². The van der Waals surface area contributed by atoms with Crippen molar-refractivity contribution < 1.29 is 18.7 Å². The second-order valence-electron chi connectivity index (χ2n) is 8.59. The first kappa shape index (κ1) is 22.9. The number of nitrogens with zero attached hydrogens (tertiary/aromatic N) is 1. The van der Waals surface area contributed by atoms with Gasteiger partial charge >= 0.3 is 6.03 Å². The normalized spacial score (nSPS) is 19.3. The van der Waals surface area contributed by atoms with Gasteiger partial charge in [0.15, 0.2) is 0 Å². The summed E-state index contributed by atoms with van der Waals surface area (Å²) in [5, 5.41) is 12.5. The van der Waals surface area contributed by atoms with Crippen molar-refractivity contribution >= 4 is 6.03 Å². The van der Waals surface area contributed by atoms with Crippen LogP contribution < -0.4 is 5.32 Å². The molecular formula is C27H28F2N2O2. The monoisotopic (exact) mass is 450 g/mol. The predicted octanol–water partition coefficient (Wildman–Crippen LogP) is 5.78. The van der Waals surface area contributed by atoms with E-state index < -0.39 is 5.54 Å². The van der Waals surface area contributed by atoms with Gasteiger partial charge in [0, 0.05) is 13.2 Å². The summed E-state index contributed by atoms with van der Waals surface area (Å²) in [5.74, 6) is -0.590. The Bertz CT molecular complexity index is 1080. The van der Waals surface area contributed by atoms with Gasteiger partial charge in [0.2, 0.25) is 0 Å². The Morgan fingerprint density at radius 2 is 1.48 bits per heavy atom. The fourth-order valence-corrected chi connectivity index (χ4v) is 4.60. The molecule has 0 radical (unpaired) electrons. The maximum Gasteiger partial charge on any atom is 0.318 e. The zero-order chi connectivity index (χ0) is 23.4. The van der Waals surface area contributed by atoms with Crippen molar-refractivity contribution in [1.82, 2.24) is 10.2 Å². The Morgan fingerprint density at radius 1 is 0.939 bits per heavy atom. The van der Waals surface area contributed by atoms with E-state index in [0.717, 1.165) is 22.3 Å². The Hall–Kier alpha value is -3.25. The van der Waals surface area contributed by atoms with Crippen molar-refractivity contribution in [1.29, 1.82) is 0 Å². The number of halogens is 2. The molecule has 172 valence electrons. The highest BCUT2D eigenvalue weighted by Gasteiger charge is 2.40. The standard InChI is InChI=1S/C27H28F2N2O2/c1-19(20-3-5-21(6-4-20)22-7-11-24(28)12-8-22)31-17-16-27(15-2-18-32,30-26(31)33)23-9-13-25(29)14-10-23/h3-14,19,32H,2,15-18H2,1H3,(H,30,33)/t19-,27-/m0/s1. The molecule has 3 aromatic rings. The molecule has 0 spiro atoms. The maximum absolute atomic E-state index is 13.5. The van der Waals surface area contributed by atoms with E-state index in [1.54, 1.807) is 29.2 Å². The molecule has 33 heavy (non-hydrogen) atoms. The zero-order valence-corrected chi connectivity index (χ0v) is 18.6. The largest absolute Gasteiger partial charge is 0.396 e. The number of rotatable bonds is 7. The zero-order valence-electron chi connectivity index (χ0n) is 18.6. The van der Waals surface area contributed by atoms with E-state index in [1.807, 2.05) is 31.2 Å². The Kier molecular flexibility index (Phi) is 6.75. The van der Waals surface area contributed by atoms with Crippen LogP contribution in [0.5, 0.6) is 0 Å². The highest BCUT2D eigenvalue weighted by molar-refractivity contribution is 5.77. The number of carbonyl (C=O) groups is 1. The lowest BCUT2D eigenvalue weighted by Gasteiger charge is -2.45. The number of hydrogen-bond acceptors (Lipinski definition) is 2. The van der Waals surface area contributed by atoms with Crippen LogP contribution >= 0.6 is 0 Å². The summed E-state index contributed by atoms with van der Waals surface area (Å²) in [5.41, 5.74) is 3.13. The van der Waals surface area contributed by atoms with Crippen molar-refractivity contribution in [3.05, 3.63) is 95.6 Å². The summed E-state index contributed by atoms with van der Waals surface area (Å²) >= 11 is 0. The molecule has 0 bridgehead atoms. The molecule has 2 N–H and O–H groups in total. The second kappa shape index (κ2) is 9.71. The smallest absolute Gasteiger partial charge is 0.318 e. The number of carbonyl (C=O) groups excluding carboxylic acids is 1. The number of hydrogen-bond donors (Lipinski definition) is 2. The van der Waals surface area contributed by atoms with Crippen molar-refractivity contribution in [2.75, 3.05) is 13.2 Å². The van der Waals surface area contributed by atoms with Crippen LogP contribution in [0.15, 0.2) is 72.8 Å². The van der Waals surface area contributed by atoms with Crippen LogP contribution in [-0.2, 0) is 5.54 Å². The van der Waals surface area contributed by atoms with E-state index in [2.05, 4.69) is 5.32 Å². The Morgan fingerprint density at radius 3 is 2.03 bits per heavy atom. The number of benzene rings is 3. The van der Waals surface area contributed by atoms with Crippen molar-refractivity contribution in [2.45, 2.75) is 37.8 Å².